The van der Waals surface area contributed by atoms with Gasteiger partial charge in [0.25, 0.3) is 5.91 Å². The van der Waals surface area contributed by atoms with E-state index in [1.54, 1.807) is 7.11 Å². The quantitative estimate of drug-likeness (QED) is 0.851. The first kappa shape index (κ1) is 13.7. The zero-order valence-corrected chi connectivity index (χ0v) is 12.4. The smallest absolute Gasteiger partial charge is 0.271 e. The Morgan fingerprint density at radius 1 is 1.30 bits per heavy atom. The lowest BCUT2D eigenvalue weighted by atomic mass is 9.90. The minimum atomic E-state index is -0.344. The van der Waals surface area contributed by atoms with Crippen LogP contribution in [0, 0.1) is 0 Å². The van der Waals surface area contributed by atoms with Crippen LogP contribution in [0.15, 0.2) is 27.4 Å². The van der Waals surface area contributed by atoms with E-state index in [9.17, 15) is 4.79 Å². The number of rotatable bonds is 2. The van der Waals surface area contributed by atoms with E-state index in [1.807, 2.05) is 6.08 Å². The molecule has 1 saturated carbocycles. The van der Waals surface area contributed by atoms with Crippen LogP contribution >= 0.6 is 11.6 Å². The van der Waals surface area contributed by atoms with E-state index in [0.717, 1.165) is 49.9 Å². The number of ether oxygens (including phenoxy) is 1. The van der Waals surface area contributed by atoms with Crippen molar-refractivity contribution in [3.63, 3.8) is 0 Å². The fourth-order valence-corrected chi connectivity index (χ4v) is 3.52. The van der Waals surface area contributed by atoms with Gasteiger partial charge in [0.2, 0.25) is 0 Å². The Kier molecular flexibility index (Phi) is 3.59. The van der Waals surface area contributed by atoms with Crippen molar-refractivity contribution in [3.05, 3.63) is 22.4 Å². The lowest BCUT2D eigenvalue weighted by Gasteiger charge is -2.30. The first-order chi connectivity index (χ1) is 9.63. The highest BCUT2D eigenvalue weighted by molar-refractivity contribution is 6.47. The molecular formula is C15H19ClN2O2. The molecule has 0 atom stereocenters. The van der Waals surface area contributed by atoms with Gasteiger partial charge >= 0.3 is 0 Å². The molecule has 3 rings (SSSR count). The number of hydrogen-bond acceptors (Lipinski definition) is 3. The SMILES string of the molecule is COC1=C(Cl)C=C(C2=NC3(CCCCC3)NC2=O)CC1. The van der Waals surface area contributed by atoms with Gasteiger partial charge in [0.05, 0.1) is 12.1 Å². The largest absolute Gasteiger partial charge is 0.500 e. The van der Waals surface area contributed by atoms with E-state index in [2.05, 4.69) is 5.32 Å². The van der Waals surface area contributed by atoms with Crippen LogP contribution in [-0.2, 0) is 9.53 Å². The first-order valence-electron chi connectivity index (χ1n) is 7.19. The van der Waals surface area contributed by atoms with Crippen molar-refractivity contribution in [2.45, 2.75) is 50.6 Å². The molecule has 5 heteroatoms. The summed E-state index contributed by atoms with van der Waals surface area (Å²) in [5, 5.41) is 3.66. The fourth-order valence-electron chi connectivity index (χ4n) is 3.21. The molecule has 108 valence electrons. The summed E-state index contributed by atoms with van der Waals surface area (Å²) >= 11 is 6.17. The molecule has 0 radical (unpaired) electrons. The van der Waals surface area contributed by atoms with E-state index in [4.69, 9.17) is 21.3 Å². The summed E-state index contributed by atoms with van der Waals surface area (Å²) in [7, 11) is 1.62. The van der Waals surface area contributed by atoms with Crippen LogP contribution < -0.4 is 5.32 Å². The second-order valence-corrected chi connectivity index (χ2v) is 6.06. The standard InChI is InChI=1S/C15H19ClN2O2/c1-20-12-6-5-10(9-11(12)16)13-14(19)18-15(17-13)7-3-2-4-8-15/h9H,2-8H2,1H3,(H,18,19). The number of aliphatic imine (C=N–C) groups is 1. The predicted molar refractivity (Wildman–Crippen MR) is 78.6 cm³/mol. The summed E-state index contributed by atoms with van der Waals surface area (Å²) in [6.07, 6.45) is 8.68. The average Bonchev–Trinajstić information content (AvgIpc) is 2.76. The number of nitrogens with zero attached hydrogens (tertiary/aromatic N) is 1. The van der Waals surface area contributed by atoms with Crippen LogP contribution in [0.2, 0.25) is 0 Å². The Bertz CT molecular complexity index is 528. The second kappa shape index (κ2) is 5.24. The maximum absolute atomic E-state index is 12.2. The van der Waals surface area contributed by atoms with Gasteiger partial charge in [0.1, 0.15) is 17.1 Å². The van der Waals surface area contributed by atoms with E-state index in [1.165, 1.54) is 6.42 Å². The van der Waals surface area contributed by atoms with E-state index in [0.29, 0.717) is 10.7 Å². The second-order valence-electron chi connectivity index (χ2n) is 5.65. The monoisotopic (exact) mass is 294 g/mol. The topological polar surface area (TPSA) is 50.7 Å². The number of carbonyl (C=O) groups is 1. The zero-order valence-electron chi connectivity index (χ0n) is 11.7. The molecule has 0 aromatic heterocycles. The Hall–Kier alpha value is -1.29. The number of allylic oxidation sites excluding steroid dienone is 3. The number of nitrogens with one attached hydrogen (secondary N) is 1. The molecule has 0 unspecified atom stereocenters. The Balaban J connectivity index is 1.89. The van der Waals surface area contributed by atoms with Crippen molar-refractivity contribution < 1.29 is 9.53 Å². The van der Waals surface area contributed by atoms with Gasteiger partial charge in [-0.3, -0.25) is 9.79 Å². The zero-order chi connectivity index (χ0) is 14.2. The van der Waals surface area contributed by atoms with Crippen LogP contribution in [0.25, 0.3) is 0 Å². The van der Waals surface area contributed by atoms with Gasteiger partial charge in [-0.15, -0.1) is 0 Å². The van der Waals surface area contributed by atoms with Crippen molar-refractivity contribution in [1.29, 1.82) is 0 Å². The van der Waals surface area contributed by atoms with Crippen LogP contribution in [0.3, 0.4) is 0 Å². The third-order valence-electron chi connectivity index (χ3n) is 4.31. The van der Waals surface area contributed by atoms with E-state index < -0.39 is 0 Å². The molecular weight excluding hydrogens is 276 g/mol. The molecule has 1 N–H and O–H groups in total. The molecule has 0 saturated heterocycles. The van der Waals surface area contributed by atoms with Crippen molar-refractivity contribution >= 4 is 23.2 Å². The van der Waals surface area contributed by atoms with Gasteiger partial charge in [-0.1, -0.05) is 18.0 Å². The summed E-state index contributed by atoms with van der Waals surface area (Å²) in [5.74, 6) is 0.727. The first-order valence-corrected chi connectivity index (χ1v) is 7.57. The summed E-state index contributed by atoms with van der Waals surface area (Å²) in [4.78, 5) is 17.0. The normalized spacial score (nSPS) is 25.4. The molecule has 1 aliphatic heterocycles. The molecule has 1 spiro atoms. The highest BCUT2D eigenvalue weighted by Gasteiger charge is 2.41. The lowest BCUT2D eigenvalue weighted by molar-refractivity contribution is -0.115. The third-order valence-corrected chi connectivity index (χ3v) is 4.63. The maximum atomic E-state index is 12.2. The minimum Gasteiger partial charge on any atom is -0.500 e. The van der Waals surface area contributed by atoms with Crippen molar-refractivity contribution in [2.24, 2.45) is 4.99 Å². The third kappa shape index (κ3) is 2.37. The Morgan fingerprint density at radius 2 is 2.05 bits per heavy atom. The van der Waals surface area contributed by atoms with E-state index >= 15 is 0 Å². The summed E-state index contributed by atoms with van der Waals surface area (Å²) in [6.45, 7) is 0. The van der Waals surface area contributed by atoms with Gasteiger partial charge < -0.3 is 10.1 Å². The Morgan fingerprint density at radius 3 is 2.70 bits per heavy atom. The van der Waals surface area contributed by atoms with Gasteiger partial charge in [-0.2, -0.15) is 0 Å². The average molecular weight is 295 g/mol. The predicted octanol–water partition coefficient (Wildman–Crippen LogP) is 3.03. The lowest BCUT2D eigenvalue weighted by Crippen LogP contribution is -2.43. The molecule has 0 aromatic rings. The molecule has 3 aliphatic rings. The number of halogens is 1. The molecule has 4 nitrogen and oxygen atoms in total. The summed E-state index contributed by atoms with van der Waals surface area (Å²) in [6, 6.07) is 0. The maximum Gasteiger partial charge on any atom is 0.271 e. The minimum absolute atomic E-state index is 0.0523. The van der Waals surface area contributed by atoms with Crippen LogP contribution in [0.4, 0.5) is 0 Å². The van der Waals surface area contributed by atoms with Crippen molar-refractivity contribution in [2.75, 3.05) is 7.11 Å². The van der Waals surface area contributed by atoms with Crippen molar-refractivity contribution in [1.82, 2.24) is 5.32 Å². The molecule has 20 heavy (non-hydrogen) atoms. The Labute approximate surface area is 123 Å². The highest BCUT2D eigenvalue weighted by Crippen LogP contribution is 2.35. The molecule has 2 aliphatic carbocycles. The van der Waals surface area contributed by atoms with Crippen molar-refractivity contribution in [3.8, 4) is 0 Å². The molecule has 0 aromatic carbocycles. The highest BCUT2D eigenvalue weighted by atomic mass is 35.5. The number of carbonyl (C=O) groups excluding carboxylic acids is 1. The number of hydrogen-bond donors (Lipinski definition) is 1. The van der Waals surface area contributed by atoms with Crippen LogP contribution in [-0.4, -0.2) is 24.4 Å². The number of amides is 1. The molecule has 1 amide bonds. The van der Waals surface area contributed by atoms with E-state index in [-0.39, 0.29) is 11.6 Å². The summed E-state index contributed by atoms with van der Waals surface area (Å²) in [5.41, 5.74) is 1.15. The fraction of sp³-hybridized carbons (Fsp3) is 0.600. The molecule has 1 fully saturated rings. The molecule has 1 heterocycles. The van der Waals surface area contributed by atoms with Gasteiger partial charge in [0.15, 0.2) is 0 Å². The van der Waals surface area contributed by atoms with Gasteiger partial charge in [0, 0.05) is 6.42 Å². The van der Waals surface area contributed by atoms with Crippen LogP contribution in [0.5, 0.6) is 0 Å². The van der Waals surface area contributed by atoms with Crippen LogP contribution in [0.1, 0.15) is 44.9 Å². The number of methoxy groups -OCH3 is 1. The van der Waals surface area contributed by atoms with Gasteiger partial charge in [-0.25, -0.2) is 0 Å². The molecule has 0 bridgehead atoms. The van der Waals surface area contributed by atoms with Gasteiger partial charge in [-0.05, 0) is 43.8 Å². The summed E-state index contributed by atoms with van der Waals surface area (Å²) < 4.78 is 5.21.